The van der Waals surface area contributed by atoms with Crippen LogP contribution in [-0.4, -0.2) is 31.9 Å². The van der Waals surface area contributed by atoms with E-state index in [1.54, 1.807) is 0 Å². The molecule has 2 aromatic rings. The van der Waals surface area contributed by atoms with Crippen molar-refractivity contribution in [3.63, 3.8) is 0 Å². The van der Waals surface area contributed by atoms with E-state index in [4.69, 9.17) is 4.74 Å². The minimum atomic E-state index is -0.416. The lowest BCUT2D eigenvalue weighted by Crippen LogP contribution is -2.27. The molecule has 1 aliphatic carbocycles. The van der Waals surface area contributed by atoms with Gasteiger partial charge in [0, 0.05) is 12.5 Å². The van der Waals surface area contributed by atoms with E-state index in [2.05, 4.69) is 34.6 Å². The Bertz CT molecular complexity index is 752. The van der Waals surface area contributed by atoms with Crippen LogP contribution in [0.25, 0.3) is 11.1 Å². The third kappa shape index (κ3) is 3.95. The number of aliphatic imine (C=N–C) groups is 1. The maximum atomic E-state index is 11.9. The van der Waals surface area contributed by atoms with E-state index in [-0.39, 0.29) is 5.92 Å². The van der Waals surface area contributed by atoms with Gasteiger partial charge in [-0.15, -0.1) is 0 Å². The molecule has 0 spiro atoms. The summed E-state index contributed by atoms with van der Waals surface area (Å²) in [5.74, 6) is 0.0695. The van der Waals surface area contributed by atoms with Crippen molar-refractivity contribution in [3.8, 4) is 11.1 Å². The van der Waals surface area contributed by atoms with Crippen LogP contribution in [0.3, 0.4) is 0 Å². The first-order valence-corrected chi connectivity index (χ1v) is 8.43. The highest BCUT2D eigenvalue weighted by Gasteiger charge is 2.28. The Hall–Kier alpha value is -2.91. The average Bonchev–Trinajstić information content (AvgIpc) is 2.97. The molecule has 5 heteroatoms. The van der Waals surface area contributed by atoms with Crippen LogP contribution in [0.15, 0.2) is 53.5 Å². The number of nitrogens with zero attached hydrogens (tertiary/aromatic N) is 1. The summed E-state index contributed by atoms with van der Waals surface area (Å²) in [6.07, 6.45) is 2.56. The summed E-state index contributed by atoms with van der Waals surface area (Å²) in [7, 11) is 0. The molecule has 2 aromatic carbocycles. The Morgan fingerprint density at radius 1 is 1.04 bits per heavy atom. The van der Waals surface area contributed by atoms with Crippen molar-refractivity contribution < 1.29 is 14.3 Å². The molecule has 0 saturated carbocycles. The second-order valence-electron chi connectivity index (χ2n) is 5.93. The Morgan fingerprint density at radius 3 is 2.32 bits per heavy atom. The van der Waals surface area contributed by atoms with Crippen LogP contribution in [0.2, 0.25) is 0 Å². The molecular weight excluding hydrogens is 316 g/mol. The van der Waals surface area contributed by atoms with Crippen LogP contribution < -0.4 is 5.32 Å². The van der Waals surface area contributed by atoms with E-state index in [1.165, 1.54) is 28.3 Å². The number of carbonyl (C=O) groups is 1. The van der Waals surface area contributed by atoms with Gasteiger partial charge in [0.05, 0.1) is 6.54 Å². The first-order valence-electron chi connectivity index (χ1n) is 8.43. The zero-order valence-electron chi connectivity index (χ0n) is 13.9. The molecule has 1 aliphatic rings. The van der Waals surface area contributed by atoms with E-state index < -0.39 is 6.09 Å². The zero-order valence-corrected chi connectivity index (χ0v) is 13.9. The van der Waals surface area contributed by atoms with Gasteiger partial charge in [-0.3, -0.25) is 0 Å². The molecule has 5 nitrogen and oxygen atoms in total. The van der Waals surface area contributed by atoms with Crippen molar-refractivity contribution in [2.24, 2.45) is 4.99 Å². The van der Waals surface area contributed by atoms with Gasteiger partial charge < -0.3 is 10.1 Å². The second-order valence-corrected chi connectivity index (χ2v) is 5.93. The Labute approximate surface area is 146 Å². The average molecular weight is 336 g/mol. The van der Waals surface area contributed by atoms with Gasteiger partial charge >= 0.3 is 6.09 Å². The summed E-state index contributed by atoms with van der Waals surface area (Å²) < 4.78 is 5.43. The Balaban J connectivity index is 1.55. The topological polar surface area (TPSA) is 67.8 Å². The molecule has 0 radical (unpaired) electrons. The zero-order chi connectivity index (χ0) is 17.5. The highest BCUT2D eigenvalue weighted by atomic mass is 16.5. The number of fused-ring (bicyclic) bond motifs is 3. The summed E-state index contributed by atoms with van der Waals surface area (Å²) in [5, 5.41) is 2.73. The number of amides is 1. The number of isocyanates is 1. The smallest absolute Gasteiger partial charge is 0.407 e. The van der Waals surface area contributed by atoms with Crippen molar-refractivity contribution in [2.45, 2.75) is 18.8 Å². The van der Waals surface area contributed by atoms with Crippen LogP contribution in [0.5, 0.6) is 0 Å². The molecular formula is C20H20N2O3. The van der Waals surface area contributed by atoms with Crippen molar-refractivity contribution in [1.29, 1.82) is 0 Å². The summed E-state index contributed by atoms with van der Waals surface area (Å²) in [5.41, 5.74) is 4.82. The highest BCUT2D eigenvalue weighted by Crippen LogP contribution is 2.44. The number of rotatable bonds is 7. The molecule has 3 rings (SSSR count). The number of ether oxygens (including phenoxy) is 1. The van der Waals surface area contributed by atoms with Crippen molar-refractivity contribution in [2.75, 3.05) is 19.7 Å². The van der Waals surface area contributed by atoms with E-state index >= 15 is 0 Å². The van der Waals surface area contributed by atoms with Gasteiger partial charge in [-0.2, -0.15) is 0 Å². The first kappa shape index (κ1) is 16.9. The largest absolute Gasteiger partial charge is 0.449 e. The monoisotopic (exact) mass is 336 g/mol. The van der Waals surface area contributed by atoms with Crippen LogP contribution >= 0.6 is 0 Å². The summed E-state index contributed by atoms with van der Waals surface area (Å²) >= 11 is 0. The van der Waals surface area contributed by atoms with Gasteiger partial charge in [-0.05, 0) is 35.1 Å². The van der Waals surface area contributed by atoms with Crippen molar-refractivity contribution in [3.05, 3.63) is 59.7 Å². The predicted molar refractivity (Wildman–Crippen MR) is 95.3 cm³/mol. The van der Waals surface area contributed by atoms with Crippen molar-refractivity contribution in [1.82, 2.24) is 5.32 Å². The van der Waals surface area contributed by atoms with Gasteiger partial charge in [0.1, 0.15) is 6.61 Å². The Kier molecular flexibility index (Phi) is 5.60. The van der Waals surface area contributed by atoms with Crippen LogP contribution in [0, 0.1) is 0 Å². The van der Waals surface area contributed by atoms with Crippen molar-refractivity contribution >= 4 is 12.2 Å². The minimum Gasteiger partial charge on any atom is -0.449 e. The molecule has 0 bridgehead atoms. The van der Waals surface area contributed by atoms with Crippen LogP contribution in [0.1, 0.15) is 29.9 Å². The van der Waals surface area contributed by atoms with E-state index in [1.807, 2.05) is 24.3 Å². The minimum absolute atomic E-state index is 0.0695. The fourth-order valence-electron chi connectivity index (χ4n) is 3.20. The molecule has 0 heterocycles. The third-order valence-electron chi connectivity index (χ3n) is 4.37. The maximum Gasteiger partial charge on any atom is 0.407 e. The first-order chi connectivity index (χ1) is 12.3. The number of benzene rings is 2. The Morgan fingerprint density at radius 2 is 1.68 bits per heavy atom. The quantitative estimate of drug-likeness (QED) is 0.477. The third-order valence-corrected chi connectivity index (χ3v) is 4.37. The van der Waals surface area contributed by atoms with Gasteiger partial charge in [0.2, 0.25) is 6.08 Å². The molecule has 25 heavy (non-hydrogen) atoms. The standard InChI is InChI=1S/C20H20N2O3/c23-14-21-11-5-6-12-22-20(24)25-13-19-17-9-3-1-7-15(17)16-8-2-4-10-18(16)19/h1-4,7-10,19H,5-6,11-13H2,(H,22,24). The van der Waals surface area contributed by atoms with E-state index in [0.29, 0.717) is 19.7 Å². The number of nitrogens with one attached hydrogen (secondary N) is 1. The van der Waals surface area contributed by atoms with Gasteiger partial charge in [0.15, 0.2) is 0 Å². The molecule has 0 aliphatic heterocycles. The normalized spacial score (nSPS) is 12.0. The molecule has 128 valence electrons. The number of hydrogen-bond donors (Lipinski definition) is 1. The van der Waals surface area contributed by atoms with Gasteiger partial charge in [0.25, 0.3) is 0 Å². The lowest BCUT2D eigenvalue weighted by molar-refractivity contribution is 0.143. The molecule has 0 aromatic heterocycles. The molecule has 0 atom stereocenters. The predicted octanol–water partition coefficient (Wildman–Crippen LogP) is 3.64. The number of alkyl carbamates (subject to hydrolysis) is 1. The van der Waals surface area contributed by atoms with Gasteiger partial charge in [-0.1, -0.05) is 48.5 Å². The molecule has 0 unspecified atom stereocenters. The van der Waals surface area contributed by atoms with Crippen LogP contribution in [-0.2, 0) is 9.53 Å². The highest BCUT2D eigenvalue weighted by molar-refractivity contribution is 5.79. The summed E-state index contributed by atoms with van der Waals surface area (Å²) in [6, 6.07) is 16.5. The maximum absolute atomic E-state index is 11.9. The lowest BCUT2D eigenvalue weighted by Gasteiger charge is -2.14. The summed E-state index contributed by atoms with van der Waals surface area (Å²) in [6.45, 7) is 1.26. The molecule has 1 amide bonds. The fourth-order valence-corrected chi connectivity index (χ4v) is 3.20. The van der Waals surface area contributed by atoms with Gasteiger partial charge in [-0.25, -0.2) is 14.6 Å². The number of unbranched alkanes of at least 4 members (excludes halogenated alkanes) is 1. The second kappa shape index (κ2) is 8.27. The summed E-state index contributed by atoms with van der Waals surface area (Å²) in [4.78, 5) is 25.3. The van der Waals surface area contributed by atoms with E-state index in [0.717, 1.165) is 12.8 Å². The van der Waals surface area contributed by atoms with Crippen LogP contribution in [0.4, 0.5) is 4.79 Å². The number of hydrogen-bond acceptors (Lipinski definition) is 4. The SMILES string of the molecule is O=C=NCCCCNC(=O)OCC1c2ccccc2-c2ccccc21. The van der Waals surface area contributed by atoms with E-state index in [9.17, 15) is 9.59 Å². The molecule has 0 saturated heterocycles. The molecule has 1 N–H and O–H groups in total. The number of carbonyl (C=O) groups excluding carboxylic acids is 2. The fraction of sp³-hybridized carbons (Fsp3) is 0.300. The molecule has 0 fully saturated rings. The lowest BCUT2D eigenvalue weighted by atomic mass is 9.98.